The summed E-state index contributed by atoms with van der Waals surface area (Å²) in [7, 11) is -3.73. The number of aliphatic carboxylic acids is 1. The van der Waals surface area contributed by atoms with Gasteiger partial charge in [0, 0.05) is 31.9 Å². The molecule has 2 amide bonds. The smallest absolute Gasteiger partial charge is 0.329 e. The van der Waals surface area contributed by atoms with Crippen LogP contribution >= 0.6 is 0 Å². The molecule has 1 heterocycles. The molecular weight excluding hydrogens is 801 g/mol. The number of rotatable bonds is 35. The van der Waals surface area contributed by atoms with E-state index in [1.54, 1.807) is 12.1 Å². The minimum absolute atomic E-state index is 0.0597. The summed E-state index contributed by atoms with van der Waals surface area (Å²) in [5.74, 6) is -1.70. The molecule has 0 fully saturated rings. The van der Waals surface area contributed by atoms with Gasteiger partial charge in [-0.15, -0.1) is 0 Å². The molecule has 0 radical (unpaired) electrons. The number of carbonyl (C=O) groups is 4. The number of esters is 1. The second kappa shape index (κ2) is 30.7. The van der Waals surface area contributed by atoms with E-state index in [1.165, 1.54) is 56.6 Å². The second-order valence-electron chi connectivity index (χ2n) is 15.0. The number of nitrogens with zero attached hydrogens (tertiary/aromatic N) is 2. The normalized spacial score (nSPS) is 11.6. The Kier molecular flexibility index (Phi) is 26.6. The van der Waals surface area contributed by atoms with Crippen molar-refractivity contribution in [3.8, 4) is 5.75 Å². The molecule has 0 atom stereocenters. The van der Waals surface area contributed by atoms with Crippen LogP contribution in [-0.4, -0.2) is 125 Å². The maximum atomic E-state index is 13.0. The van der Waals surface area contributed by atoms with Gasteiger partial charge in [0.15, 0.2) is 9.84 Å². The standard InChI is InChI=1S/C42H66N4O13S/c1-42(2,3)59-40(50)15-13-11-9-7-5-4-6-8-10-12-14-22-58-35-16-18-36(19-17-35)60(52,53)33-37-45-29-34(30-46-37)41(51)44-21-24-55-25-27-56-31-38(47)43-20-23-54-26-28-57-32-39(48)49/h16-19,29-30H,4-15,20-28,31-33H2,1-3H3,(H,43,47)(H,44,51)(H,48,49). The fourth-order valence-corrected chi connectivity index (χ4v) is 6.71. The zero-order valence-electron chi connectivity index (χ0n) is 35.6. The second-order valence-corrected chi connectivity index (χ2v) is 17.0. The van der Waals surface area contributed by atoms with Crippen molar-refractivity contribution in [2.75, 3.05) is 72.6 Å². The summed E-state index contributed by atoms with van der Waals surface area (Å²) in [6.45, 7) is 7.31. The highest BCUT2D eigenvalue weighted by atomic mass is 32.2. The van der Waals surface area contributed by atoms with E-state index in [9.17, 15) is 27.6 Å². The number of carbonyl (C=O) groups excluding carboxylic acids is 3. The Morgan fingerprint density at radius 3 is 1.73 bits per heavy atom. The third kappa shape index (κ3) is 26.8. The zero-order chi connectivity index (χ0) is 43.9. The minimum atomic E-state index is -3.73. The van der Waals surface area contributed by atoms with Gasteiger partial charge in [-0.1, -0.05) is 57.8 Å². The van der Waals surface area contributed by atoms with Crippen molar-refractivity contribution in [3.63, 3.8) is 0 Å². The number of aromatic nitrogens is 2. The molecule has 1 aromatic heterocycles. The molecule has 0 aliphatic rings. The molecule has 0 saturated carbocycles. The molecule has 338 valence electrons. The first kappa shape index (κ1) is 51.9. The fourth-order valence-electron chi connectivity index (χ4n) is 5.50. The van der Waals surface area contributed by atoms with Crippen LogP contribution in [0.25, 0.3) is 0 Å². The number of benzene rings is 1. The van der Waals surface area contributed by atoms with Gasteiger partial charge in [-0.3, -0.25) is 14.4 Å². The molecule has 2 rings (SSSR count). The van der Waals surface area contributed by atoms with Crippen LogP contribution in [0.5, 0.6) is 5.75 Å². The average Bonchev–Trinajstić information content (AvgIpc) is 3.19. The van der Waals surface area contributed by atoms with Crippen LogP contribution < -0.4 is 15.4 Å². The first-order chi connectivity index (χ1) is 28.7. The molecule has 0 aliphatic carbocycles. The number of amides is 2. The quantitative estimate of drug-likeness (QED) is 0.0622. The number of unbranched alkanes of at least 4 members (excludes halogenated alkanes) is 10. The van der Waals surface area contributed by atoms with Crippen molar-refractivity contribution >= 4 is 33.6 Å². The monoisotopic (exact) mass is 866 g/mol. The number of carboxylic acid groups (broad SMARTS) is 1. The van der Waals surface area contributed by atoms with Gasteiger partial charge in [0.2, 0.25) is 5.91 Å². The lowest BCUT2D eigenvalue weighted by Gasteiger charge is -2.19. The number of nitrogens with one attached hydrogen (secondary N) is 2. The molecule has 0 unspecified atom stereocenters. The summed E-state index contributed by atoms with van der Waals surface area (Å²) < 4.78 is 57.8. The SMILES string of the molecule is CC(C)(C)OC(=O)CCCCCCCCCCCCCOc1ccc(S(=O)(=O)Cc2ncc(C(=O)NCCOCCOCC(=O)NCCOCCOCC(=O)O)cn2)cc1. The molecule has 1 aromatic carbocycles. The third-order valence-electron chi connectivity index (χ3n) is 8.49. The van der Waals surface area contributed by atoms with Gasteiger partial charge in [-0.05, 0) is 57.9 Å². The van der Waals surface area contributed by atoms with Crippen LogP contribution in [0.4, 0.5) is 0 Å². The van der Waals surface area contributed by atoms with Crippen LogP contribution in [0, 0.1) is 0 Å². The summed E-state index contributed by atoms with van der Waals surface area (Å²) in [5, 5.41) is 13.7. The number of carboxylic acids is 1. The van der Waals surface area contributed by atoms with E-state index in [1.807, 2.05) is 20.8 Å². The Hall–Kier alpha value is -4.23. The van der Waals surface area contributed by atoms with E-state index in [2.05, 4.69) is 20.6 Å². The van der Waals surface area contributed by atoms with Crippen molar-refractivity contribution in [3.05, 3.63) is 48.0 Å². The summed E-state index contributed by atoms with van der Waals surface area (Å²) in [4.78, 5) is 54.6. The zero-order valence-corrected chi connectivity index (χ0v) is 36.4. The summed E-state index contributed by atoms with van der Waals surface area (Å²) in [6.07, 6.45) is 15.4. The van der Waals surface area contributed by atoms with Gasteiger partial charge in [-0.2, -0.15) is 0 Å². The van der Waals surface area contributed by atoms with Crippen molar-refractivity contribution in [1.29, 1.82) is 0 Å². The first-order valence-corrected chi connectivity index (χ1v) is 22.5. The van der Waals surface area contributed by atoms with E-state index in [4.69, 9.17) is 33.5 Å². The van der Waals surface area contributed by atoms with E-state index in [0.29, 0.717) is 18.8 Å². The number of hydrogen-bond donors (Lipinski definition) is 3. The molecule has 60 heavy (non-hydrogen) atoms. The van der Waals surface area contributed by atoms with Crippen LogP contribution in [-0.2, 0) is 53.7 Å². The molecule has 0 saturated heterocycles. The lowest BCUT2D eigenvalue weighted by atomic mass is 10.1. The summed E-state index contributed by atoms with van der Waals surface area (Å²) in [6, 6.07) is 6.30. The Morgan fingerprint density at radius 1 is 0.650 bits per heavy atom. The lowest BCUT2D eigenvalue weighted by Crippen LogP contribution is -2.31. The first-order valence-electron chi connectivity index (χ1n) is 20.8. The number of ether oxygens (including phenoxy) is 6. The predicted molar refractivity (Wildman–Crippen MR) is 222 cm³/mol. The highest BCUT2D eigenvalue weighted by Gasteiger charge is 2.18. The number of hydrogen-bond acceptors (Lipinski definition) is 14. The third-order valence-corrected chi connectivity index (χ3v) is 10.1. The summed E-state index contributed by atoms with van der Waals surface area (Å²) >= 11 is 0. The van der Waals surface area contributed by atoms with Gasteiger partial charge in [0.1, 0.15) is 36.1 Å². The van der Waals surface area contributed by atoms with Gasteiger partial charge < -0.3 is 44.2 Å². The van der Waals surface area contributed by atoms with Crippen molar-refractivity contribution in [2.24, 2.45) is 0 Å². The minimum Gasteiger partial charge on any atom is -0.494 e. The summed E-state index contributed by atoms with van der Waals surface area (Å²) in [5.41, 5.74) is -0.245. The van der Waals surface area contributed by atoms with Crippen LogP contribution in [0.1, 0.15) is 114 Å². The molecule has 0 aliphatic heterocycles. The highest BCUT2D eigenvalue weighted by molar-refractivity contribution is 7.90. The molecule has 2 aromatic rings. The van der Waals surface area contributed by atoms with Gasteiger partial charge >= 0.3 is 11.9 Å². The van der Waals surface area contributed by atoms with Crippen molar-refractivity contribution in [2.45, 2.75) is 114 Å². The van der Waals surface area contributed by atoms with Crippen molar-refractivity contribution < 1.29 is 61.1 Å². The van der Waals surface area contributed by atoms with E-state index in [0.717, 1.165) is 38.5 Å². The molecule has 0 bridgehead atoms. The maximum absolute atomic E-state index is 13.0. The van der Waals surface area contributed by atoms with Gasteiger partial charge in [0.25, 0.3) is 5.91 Å². The lowest BCUT2D eigenvalue weighted by molar-refractivity contribution is -0.155. The van der Waals surface area contributed by atoms with Crippen LogP contribution in [0.15, 0.2) is 41.6 Å². The molecule has 0 spiro atoms. The topological polar surface area (TPSA) is 228 Å². The maximum Gasteiger partial charge on any atom is 0.329 e. The van der Waals surface area contributed by atoms with E-state index < -0.39 is 33.1 Å². The Bertz CT molecular complexity index is 1620. The Morgan fingerprint density at radius 2 is 1.17 bits per heavy atom. The van der Waals surface area contributed by atoms with E-state index in [-0.39, 0.29) is 94.1 Å². The van der Waals surface area contributed by atoms with Gasteiger partial charge in [0.05, 0.1) is 56.7 Å². The van der Waals surface area contributed by atoms with Crippen molar-refractivity contribution in [1.82, 2.24) is 20.6 Å². The number of sulfone groups is 1. The molecule has 17 nitrogen and oxygen atoms in total. The van der Waals surface area contributed by atoms with Gasteiger partial charge in [-0.25, -0.2) is 23.2 Å². The van der Waals surface area contributed by atoms with Crippen LogP contribution in [0.3, 0.4) is 0 Å². The fraction of sp³-hybridized carbons (Fsp3) is 0.667. The van der Waals surface area contributed by atoms with E-state index >= 15 is 0 Å². The Balaban J connectivity index is 1.49. The molecular formula is C42H66N4O13S. The van der Waals surface area contributed by atoms with Crippen LogP contribution in [0.2, 0.25) is 0 Å². The largest absolute Gasteiger partial charge is 0.494 e. The average molecular weight is 867 g/mol. The Labute approximate surface area is 354 Å². The predicted octanol–water partition coefficient (Wildman–Crippen LogP) is 4.85. The molecule has 18 heteroatoms. The highest BCUT2D eigenvalue weighted by Crippen LogP contribution is 2.20. The molecule has 3 N–H and O–H groups in total.